The molecule has 0 aliphatic rings. The number of rotatable bonds is 11. The molecule has 0 amide bonds. The van der Waals surface area contributed by atoms with E-state index >= 15 is 0 Å². The van der Waals surface area contributed by atoms with E-state index in [0.717, 1.165) is 5.44 Å². The molecule has 0 saturated heterocycles. The SMILES string of the molecule is CCCCCCCCCCCCc1cc[nH]c1[P]. The number of aromatic nitrogens is 1. The Morgan fingerprint density at radius 2 is 1.44 bits per heavy atom. The highest BCUT2D eigenvalue weighted by Crippen LogP contribution is 2.12. The van der Waals surface area contributed by atoms with E-state index in [0.29, 0.717) is 0 Å². The third kappa shape index (κ3) is 7.21. The van der Waals surface area contributed by atoms with Gasteiger partial charge in [0.1, 0.15) is 0 Å². The van der Waals surface area contributed by atoms with Gasteiger partial charge in [-0.25, -0.2) is 0 Å². The molecule has 1 heterocycles. The first-order valence-electron chi connectivity index (χ1n) is 7.69. The second kappa shape index (κ2) is 10.6. The zero-order chi connectivity index (χ0) is 13.1. The summed E-state index contributed by atoms with van der Waals surface area (Å²) in [6, 6.07) is 2.15. The molecule has 0 aromatic carbocycles. The number of hydrogen-bond acceptors (Lipinski definition) is 0. The molecule has 1 nitrogen and oxygen atoms in total. The Morgan fingerprint density at radius 1 is 0.889 bits per heavy atom. The fourth-order valence-corrected chi connectivity index (χ4v) is 2.66. The van der Waals surface area contributed by atoms with Gasteiger partial charge >= 0.3 is 0 Å². The maximum Gasteiger partial charge on any atom is 0.0519 e. The van der Waals surface area contributed by atoms with Gasteiger partial charge in [-0.1, -0.05) is 64.7 Å². The van der Waals surface area contributed by atoms with Crippen LogP contribution in [0.4, 0.5) is 0 Å². The lowest BCUT2D eigenvalue weighted by molar-refractivity contribution is 0.556. The molecular weight excluding hydrogens is 237 g/mol. The first-order valence-corrected chi connectivity index (χ1v) is 8.14. The molecule has 0 saturated carbocycles. The van der Waals surface area contributed by atoms with Crippen molar-refractivity contribution in [2.24, 2.45) is 0 Å². The summed E-state index contributed by atoms with van der Waals surface area (Å²) < 4.78 is 0. The topological polar surface area (TPSA) is 15.8 Å². The summed E-state index contributed by atoms with van der Waals surface area (Å²) in [5, 5.41) is 0. The maximum absolute atomic E-state index is 4.39. The molecule has 1 aromatic rings. The third-order valence-electron chi connectivity index (χ3n) is 3.61. The van der Waals surface area contributed by atoms with Crippen LogP contribution >= 0.6 is 9.24 Å². The smallest absolute Gasteiger partial charge is 0.0519 e. The van der Waals surface area contributed by atoms with Crippen LogP contribution in [0.1, 0.15) is 76.7 Å². The lowest BCUT2D eigenvalue weighted by Crippen LogP contribution is -1.98. The summed E-state index contributed by atoms with van der Waals surface area (Å²) in [5.41, 5.74) is 2.42. The fourth-order valence-electron chi connectivity index (χ4n) is 2.40. The predicted molar refractivity (Wildman–Crippen MR) is 82.9 cm³/mol. The molecule has 0 unspecified atom stereocenters. The van der Waals surface area contributed by atoms with Gasteiger partial charge in [0.05, 0.1) is 5.44 Å². The average Bonchev–Trinajstić information content (AvgIpc) is 2.77. The van der Waals surface area contributed by atoms with Crippen LogP contribution in [0.2, 0.25) is 0 Å². The van der Waals surface area contributed by atoms with E-state index in [9.17, 15) is 0 Å². The van der Waals surface area contributed by atoms with Crippen molar-refractivity contribution in [3.8, 4) is 0 Å². The highest BCUT2D eigenvalue weighted by atomic mass is 31.0. The average molecular weight is 265 g/mol. The molecule has 2 radical (unpaired) electrons. The molecule has 0 aliphatic heterocycles. The Kier molecular flexibility index (Phi) is 9.30. The first kappa shape index (κ1) is 15.8. The molecular formula is C16H28NP. The summed E-state index contributed by atoms with van der Waals surface area (Å²) in [4.78, 5) is 3.12. The Balaban J connectivity index is 1.83. The van der Waals surface area contributed by atoms with E-state index in [1.54, 1.807) is 0 Å². The fraction of sp³-hybridized carbons (Fsp3) is 0.750. The highest BCUT2D eigenvalue weighted by molar-refractivity contribution is 7.27. The minimum Gasteiger partial charge on any atom is -0.361 e. The van der Waals surface area contributed by atoms with E-state index in [1.807, 2.05) is 6.20 Å². The molecule has 0 atom stereocenters. The minimum absolute atomic E-state index is 1.05. The van der Waals surface area contributed by atoms with Gasteiger partial charge in [0, 0.05) is 15.4 Å². The van der Waals surface area contributed by atoms with Crippen molar-refractivity contribution in [2.45, 2.75) is 77.6 Å². The molecule has 1 rings (SSSR count). The van der Waals surface area contributed by atoms with E-state index < -0.39 is 0 Å². The molecule has 0 aliphatic carbocycles. The molecule has 0 bridgehead atoms. The van der Waals surface area contributed by atoms with Crippen molar-refractivity contribution in [3.05, 3.63) is 17.8 Å². The van der Waals surface area contributed by atoms with Crippen molar-refractivity contribution in [1.29, 1.82) is 0 Å². The van der Waals surface area contributed by atoms with E-state index in [-0.39, 0.29) is 0 Å². The van der Waals surface area contributed by atoms with Crippen molar-refractivity contribution >= 4 is 14.7 Å². The molecule has 102 valence electrons. The van der Waals surface area contributed by atoms with E-state index in [4.69, 9.17) is 0 Å². The van der Waals surface area contributed by atoms with Crippen LogP contribution < -0.4 is 5.44 Å². The zero-order valence-electron chi connectivity index (χ0n) is 11.9. The quantitative estimate of drug-likeness (QED) is 0.401. The molecule has 0 spiro atoms. The van der Waals surface area contributed by atoms with Crippen LogP contribution in [-0.4, -0.2) is 4.98 Å². The van der Waals surface area contributed by atoms with Crippen LogP contribution in [0.5, 0.6) is 0 Å². The zero-order valence-corrected chi connectivity index (χ0v) is 12.8. The third-order valence-corrected chi connectivity index (χ3v) is 4.02. The van der Waals surface area contributed by atoms with Gasteiger partial charge in [-0.2, -0.15) is 0 Å². The summed E-state index contributed by atoms with van der Waals surface area (Å²) in [7, 11) is 4.39. The van der Waals surface area contributed by atoms with Crippen molar-refractivity contribution in [2.75, 3.05) is 0 Å². The van der Waals surface area contributed by atoms with Gasteiger partial charge in [0.2, 0.25) is 0 Å². The van der Waals surface area contributed by atoms with Gasteiger partial charge in [0.15, 0.2) is 0 Å². The molecule has 1 N–H and O–H groups in total. The number of aryl methyl sites for hydroxylation is 1. The van der Waals surface area contributed by atoms with Crippen LogP contribution in [0.25, 0.3) is 0 Å². The van der Waals surface area contributed by atoms with Crippen LogP contribution in [0.15, 0.2) is 12.3 Å². The second-order valence-electron chi connectivity index (χ2n) is 5.28. The van der Waals surface area contributed by atoms with Gasteiger partial charge in [-0.3, -0.25) is 0 Å². The van der Waals surface area contributed by atoms with Crippen molar-refractivity contribution < 1.29 is 0 Å². The van der Waals surface area contributed by atoms with Crippen molar-refractivity contribution in [1.82, 2.24) is 4.98 Å². The number of aromatic amines is 1. The normalized spacial score (nSPS) is 11.0. The minimum atomic E-state index is 1.05. The summed E-state index contributed by atoms with van der Waals surface area (Å²) in [6.07, 6.45) is 17.2. The largest absolute Gasteiger partial charge is 0.361 e. The lowest BCUT2D eigenvalue weighted by atomic mass is 10.0. The van der Waals surface area contributed by atoms with Crippen LogP contribution in [0.3, 0.4) is 0 Å². The molecule has 18 heavy (non-hydrogen) atoms. The van der Waals surface area contributed by atoms with Crippen LogP contribution in [0, 0.1) is 0 Å². The highest BCUT2D eigenvalue weighted by Gasteiger charge is 1.99. The summed E-state index contributed by atoms with van der Waals surface area (Å²) in [5.74, 6) is 0. The van der Waals surface area contributed by atoms with Gasteiger partial charge in [-0.05, 0) is 24.5 Å². The number of unbranched alkanes of at least 4 members (excludes halogenated alkanes) is 9. The Hall–Kier alpha value is -0.290. The molecule has 0 fully saturated rings. The standard InChI is InChI=1S/C16H28NP/c1-2-3-4-5-6-7-8-9-10-11-12-15-13-14-17-16(15)18/h13-14,17H,2-12H2,1H3. The Labute approximate surface area is 115 Å². The number of H-pyrrole nitrogens is 1. The van der Waals surface area contributed by atoms with E-state index in [1.165, 1.54) is 76.2 Å². The van der Waals surface area contributed by atoms with Crippen LogP contribution in [-0.2, 0) is 6.42 Å². The lowest BCUT2D eigenvalue weighted by Gasteiger charge is -2.02. The monoisotopic (exact) mass is 265 g/mol. The first-order chi connectivity index (χ1) is 8.84. The number of nitrogens with one attached hydrogen (secondary N) is 1. The van der Waals surface area contributed by atoms with E-state index in [2.05, 4.69) is 27.2 Å². The number of hydrogen-bond donors (Lipinski definition) is 1. The second-order valence-corrected chi connectivity index (χ2v) is 5.73. The van der Waals surface area contributed by atoms with Gasteiger partial charge in [0.25, 0.3) is 0 Å². The summed E-state index contributed by atoms with van der Waals surface area (Å²) in [6.45, 7) is 2.28. The maximum atomic E-state index is 4.39. The van der Waals surface area contributed by atoms with Crippen molar-refractivity contribution in [3.63, 3.8) is 0 Å². The summed E-state index contributed by atoms with van der Waals surface area (Å²) >= 11 is 0. The Bertz CT molecular complexity index is 293. The predicted octanol–water partition coefficient (Wildman–Crippen LogP) is 5.51. The van der Waals surface area contributed by atoms with Gasteiger partial charge in [-0.15, -0.1) is 0 Å². The van der Waals surface area contributed by atoms with Gasteiger partial charge < -0.3 is 4.98 Å². The molecule has 2 heteroatoms. The Morgan fingerprint density at radius 3 is 1.94 bits per heavy atom. The molecule has 1 aromatic heterocycles.